The molecule has 2 fully saturated rings. The molecule has 4 rings (SSSR count). The van der Waals surface area contributed by atoms with Crippen molar-refractivity contribution in [2.75, 3.05) is 26.3 Å². The summed E-state index contributed by atoms with van der Waals surface area (Å²) in [5.41, 5.74) is 13.4. The average Bonchev–Trinajstić information content (AvgIpc) is 3.33. The second-order valence-corrected chi connectivity index (χ2v) is 10.4. The summed E-state index contributed by atoms with van der Waals surface area (Å²) in [5, 5.41) is 7.64. The number of hydrogen-bond donors (Lipinski definition) is 2. The predicted molar refractivity (Wildman–Crippen MR) is 145 cm³/mol. The highest BCUT2D eigenvalue weighted by Gasteiger charge is 2.24. The van der Waals surface area contributed by atoms with Gasteiger partial charge in [0.05, 0.1) is 12.2 Å². The highest BCUT2D eigenvalue weighted by molar-refractivity contribution is 6.02. The first-order valence-corrected chi connectivity index (χ1v) is 13.6. The lowest BCUT2D eigenvalue weighted by molar-refractivity contribution is 0.0870. The van der Waals surface area contributed by atoms with Crippen molar-refractivity contribution in [3.63, 3.8) is 0 Å². The van der Waals surface area contributed by atoms with E-state index >= 15 is 0 Å². The van der Waals surface area contributed by atoms with Crippen molar-refractivity contribution >= 4 is 5.71 Å². The third-order valence-electron chi connectivity index (χ3n) is 7.66. The molecule has 1 aromatic heterocycles. The van der Waals surface area contributed by atoms with Crippen molar-refractivity contribution < 1.29 is 13.5 Å². The van der Waals surface area contributed by atoms with Gasteiger partial charge in [0.25, 0.3) is 6.43 Å². The number of aliphatic imine (C=N–C) groups is 1. The van der Waals surface area contributed by atoms with E-state index in [1.165, 1.54) is 0 Å². The monoisotopic (exact) mass is 513 g/mol. The van der Waals surface area contributed by atoms with Crippen molar-refractivity contribution in [1.82, 2.24) is 15.1 Å². The number of nitrogens with zero attached hydrogens (tertiary/aromatic N) is 3. The van der Waals surface area contributed by atoms with Crippen LogP contribution in [0, 0.1) is 12.8 Å². The number of nitrogens with two attached hydrogens (primary N) is 1. The Morgan fingerprint density at radius 3 is 2.73 bits per heavy atom. The van der Waals surface area contributed by atoms with Gasteiger partial charge in [-0.15, -0.1) is 0 Å². The molecule has 202 valence electrons. The molecule has 3 heterocycles. The molecule has 6 nitrogen and oxygen atoms in total. The maximum atomic E-state index is 14.1. The van der Waals surface area contributed by atoms with Crippen molar-refractivity contribution in [2.45, 2.75) is 71.3 Å². The minimum atomic E-state index is -2.55. The molecule has 1 aromatic carbocycles. The number of hydrogen-bond acceptors (Lipinski definition) is 5. The van der Waals surface area contributed by atoms with Crippen LogP contribution in [-0.2, 0) is 18.2 Å². The topological polar surface area (TPSA) is 77.5 Å². The maximum Gasteiger partial charge on any atom is 0.264 e. The first-order valence-electron chi connectivity index (χ1n) is 13.6. The van der Waals surface area contributed by atoms with Crippen molar-refractivity contribution in [1.29, 1.82) is 0 Å². The average molecular weight is 514 g/mol. The number of ether oxygens (including phenoxy) is 1. The number of aryl methyl sites for hydroxylation is 3. The summed E-state index contributed by atoms with van der Waals surface area (Å²) in [5.74, 6) is 0.187. The molecule has 37 heavy (non-hydrogen) atoms. The summed E-state index contributed by atoms with van der Waals surface area (Å²) in [6, 6.07) is 3.88. The molecule has 0 amide bonds. The van der Waals surface area contributed by atoms with Gasteiger partial charge in [-0.25, -0.2) is 8.78 Å². The third kappa shape index (κ3) is 6.85. The van der Waals surface area contributed by atoms with Crippen LogP contribution < -0.4 is 11.1 Å². The number of piperidine rings is 1. The van der Waals surface area contributed by atoms with Gasteiger partial charge in [-0.3, -0.25) is 9.67 Å². The second kappa shape index (κ2) is 12.8. The molecule has 2 aliphatic heterocycles. The number of aromatic nitrogens is 2. The number of rotatable bonds is 9. The van der Waals surface area contributed by atoms with Crippen LogP contribution in [0.2, 0.25) is 0 Å². The Balaban J connectivity index is 1.57. The summed E-state index contributed by atoms with van der Waals surface area (Å²) < 4.78 is 35.3. The standard InChI is InChI=1S/C29H41F2N5O/c1-4-5-20(28(32)26-17-33-11-8-27(26)35-23-9-12-37-13-10-23)6-7-21-15-25(29(30)31)24(14-19(21)2)22-16-34-36(3)18-22/h14-16,18,20,23,29,33H,4-13,17,32H2,1-3H3/b28-26-,35-27?. The van der Waals surface area contributed by atoms with Gasteiger partial charge in [-0.05, 0) is 67.7 Å². The largest absolute Gasteiger partial charge is 0.401 e. The quantitative estimate of drug-likeness (QED) is 0.464. The minimum absolute atomic E-state index is 0.0642. The highest BCUT2D eigenvalue weighted by atomic mass is 19.3. The molecule has 3 N–H and O–H groups in total. The van der Waals surface area contributed by atoms with Crippen molar-refractivity contribution in [3.05, 3.63) is 52.5 Å². The van der Waals surface area contributed by atoms with E-state index in [-0.39, 0.29) is 11.5 Å². The maximum absolute atomic E-state index is 14.1. The lowest BCUT2D eigenvalue weighted by atomic mass is 9.86. The number of benzene rings is 1. The molecular weight excluding hydrogens is 472 g/mol. The molecule has 0 bridgehead atoms. The molecule has 0 radical (unpaired) electrons. The molecular formula is C29H41F2N5O. The molecule has 2 saturated heterocycles. The summed E-state index contributed by atoms with van der Waals surface area (Å²) in [7, 11) is 1.79. The van der Waals surface area contributed by atoms with E-state index in [1.807, 2.05) is 13.0 Å². The van der Waals surface area contributed by atoms with E-state index in [2.05, 4.69) is 17.3 Å². The first kappa shape index (κ1) is 27.5. The predicted octanol–water partition coefficient (Wildman–Crippen LogP) is 5.51. The number of nitrogens with one attached hydrogen (secondary N) is 1. The minimum Gasteiger partial charge on any atom is -0.401 e. The Labute approximate surface area is 219 Å². The van der Waals surface area contributed by atoms with Gasteiger partial charge in [0, 0.05) is 74.1 Å². The van der Waals surface area contributed by atoms with Crippen LogP contribution >= 0.6 is 0 Å². The normalized spacial score (nSPS) is 20.5. The van der Waals surface area contributed by atoms with Gasteiger partial charge >= 0.3 is 0 Å². The Kier molecular flexibility index (Phi) is 9.49. The van der Waals surface area contributed by atoms with E-state index in [4.69, 9.17) is 15.5 Å². The fraction of sp³-hybridized carbons (Fsp3) is 0.586. The lowest BCUT2D eigenvalue weighted by Crippen LogP contribution is -2.35. The van der Waals surface area contributed by atoms with E-state index in [0.29, 0.717) is 23.6 Å². The fourth-order valence-corrected chi connectivity index (χ4v) is 5.53. The zero-order valence-corrected chi connectivity index (χ0v) is 22.4. The van der Waals surface area contributed by atoms with Gasteiger partial charge < -0.3 is 15.8 Å². The molecule has 2 aromatic rings. The van der Waals surface area contributed by atoms with E-state index in [9.17, 15) is 8.78 Å². The summed E-state index contributed by atoms with van der Waals surface area (Å²) in [6.45, 7) is 7.37. The van der Waals surface area contributed by atoms with Gasteiger partial charge in [-0.1, -0.05) is 19.4 Å². The van der Waals surface area contributed by atoms with Crippen LogP contribution in [0.15, 0.2) is 40.8 Å². The lowest BCUT2D eigenvalue weighted by Gasteiger charge is -2.27. The van der Waals surface area contributed by atoms with Crippen LogP contribution in [0.5, 0.6) is 0 Å². The molecule has 8 heteroatoms. The molecule has 0 spiro atoms. The molecule has 0 saturated carbocycles. The molecule has 2 aliphatic rings. The van der Waals surface area contributed by atoms with Gasteiger partial charge in [-0.2, -0.15) is 5.10 Å². The molecule has 1 atom stereocenters. The van der Waals surface area contributed by atoms with Gasteiger partial charge in [0.2, 0.25) is 0 Å². The van der Waals surface area contributed by atoms with Crippen LogP contribution in [0.3, 0.4) is 0 Å². The first-order chi connectivity index (χ1) is 17.9. The number of halogens is 2. The summed E-state index contributed by atoms with van der Waals surface area (Å²) in [4.78, 5) is 5.11. The molecule has 1 unspecified atom stereocenters. The van der Waals surface area contributed by atoms with Crippen LogP contribution in [-0.4, -0.2) is 47.8 Å². The Bertz CT molecular complexity index is 1120. The Hall–Kier alpha value is -2.58. The van der Waals surface area contributed by atoms with Gasteiger partial charge in [0.1, 0.15) is 0 Å². The number of allylic oxidation sites excluding steroid dienone is 1. The Morgan fingerprint density at radius 1 is 1.27 bits per heavy atom. The van der Waals surface area contributed by atoms with Crippen LogP contribution in [0.1, 0.15) is 68.6 Å². The summed E-state index contributed by atoms with van der Waals surface area (Å²) >= 11 is 0. The third-order valence-corrected chi connectivity index (χ3v) is 7.66. The number of alkyl halides is 2. The molecule has 0 aliphatic carbocycles. The smallest absolute Gasteiger partial charge is 0.264 e. The fourth-order valence-electron chi connectivity index (χ4n) is 5.53. The van der Waals surface area contributed by atoms with Crippen molar-refractivity contribution in [3.8, 4) is 11.1 Å². The van der Waals surface area contributed by atoms with Crippen LogP contribution in [0.4, 0.5) is 8.78 Å². The Morgan fingerprint density at radius 2 is 2.05 bits per heavy atom. The van der Waals surface area contributed by atoms with E-state index < -0.39 is 6.43 Å². The van der Waals surface area contributed by atoms with Crippen molar-refractivity contribution in [2.24, 2.45) is 23.7 Å². The second-order valence-electron chi connectivity index (χ2n) is 10.4. The van der Waals surface area contributed by atoms with E-state index in [0.717, 1.165) is 92.9 Å². The highest BCUT2D eigenvalue weighted by Crippen LogP contribution is 2.35. The zero-order valence-electron chi connectivity index (χ0n) is 22.4. The SMILES string of the molecule is CCCC(CCc1cc(C(F)F)c(-c2cnn(C)c2)cc1C)/C(N)=C1\CNCCC1=NC1CCOCC1. The summed E-state index contributed by atoms with van der Waals surface area (Å²) in [6.07, 6.45) is 7.19. The zero-order chi connectivity index (χ0) is 26.4. The van der Waals surface area contributed by atoms with Crippen LogP contribution in [0.25, 0.3) is 11.1 Å². The van der Waals surface area contributed by atoms with Gasteiger partial charge in [0.15, 0.2) is 0 Å². The van der Waals surface area contributed by atoms with E-state index in [1.54, 1.807) is 30.2 Å².